The van der Waals surface area contributed by atoms with Gasteiger partial charge in [-0.05, 0) is 36.7 Å². The van der Waals surface area contributed by atoms with Crippen LogP contribution in [0.5, 0.6) is 0 Å². The molecule has 2 atom stereocenters. The van der Waals surface area contributed by atoms with Crippen molar-refractivity contribution in [2.45, 2.75) is 33.2 Å². The molecule has 0 heterocycles. The van der Waals surface area contributed by atoms with Gasteiger partial charge in [-0.2, -0.15) is 0 Å². The molecule has 0 saturated heterocycles. The van der Waals surface area contributed by atoms with E-state index < -0.39 is 18.0 Å². The van der Waals surface area contributed by atoms with E-state index >= 15 is 0 Å². The van der Waals surface area contributed by atoms with E-state index in [0.29, 0.717) is 6.42 Å². The van der Waals surface area contributed by atoms with Crippen LogP contribution in [0.1, 0.15) is 25.8 Å². The Hall–Kier alpha value is -2.35. The molecule has 0 bridgehead atoms. The van der Waals surface area contributed by atoms with E-state index in [4.69, 9.17) is 18.0 Å². The maximum Gasteiger partial charge on any atom is 0.312 e. The van der Waals surface area contributed by atoms with E-state index in [2.05, 4.69) is 21.5 Å². The molecule has 0 aliphatic heterocycles. The SMILES string of the molecule is CC[C@@H](C)[C@@H](NC(N)=O)C(=O)NNC(=S)Nc1ccccc1C. The first-order valence-corrected chi connectivity index (χ1v) is 7.74. The number of para-hydroxylation sites is 1. The molecule has 0 aromatic heterocycles. The Labute approximate surface area is 141 Å². The standard InChI is InChI=1S/C15H23N5O2S/c1-4-9(2)12(18-14(16)22)13(21)19-20-15(23)17-11-8-6-5-7-10(11)3/h5-9,12H,4H2,1-3H3,(H,19,21)(H3,16,18,22)(H2,17,20,23)/t9-,12-/m1/s1. The van der Waals surface area contributed by atoms with Crippen molar-refractivity contribution in [3.63, 3.8) is 0 Å². The fourth-order valence-corrected chi connectivity index (χ4v) is 2.08. The maximum atomic E-state index is 12.2. The minimum Gasteiger partial charge on any atom is -0.352 e. The average molecular weight is 337 g/mol. The summed E-state index contributed by atoms with van der Waals surface area (Å²) in [5.41, 5.74) is 12.1. The Bertz CT molecular complexity index is 579. The normalized spacial score (nSPS) is 12.7. The van der Waals surface area contributed by atoms with Crippen molar-refractivity contribution in [1.82, 2.24) is 16.2 Å². The molecule has 0 fully saturated rings. The number of amides is 3. The van der Waals surface area contributed by atoms with Gasteiger partial charge in [0.1, 0.15) is 6.04 Å². The van der Waals surface area contributed by atoms with E-state index in [1.54, 1.807) is 0 Å². The van der Waals surface area contributed by atoms with Gasteiger partial charge in [-0.1, -0.05) is 38.5 Å². The molecule has 0 aliphatic rings. The fraction of sp³-hybridized carbons (Fsp3) is 0.400. The van der Waals surface area contributed by atoms with Crippen LogP contribution in [-0.2, 0) is 4.79 Å². The molecule has 0 spiro atoms. The van der Waals surface area contributed by atoms with Crippen LogP contribution < -0.4 is 27.2 Å². The Kier molecular flexibility index (Phi) is 7.27. The first kappa shape index (κ1) is 18.7. The second kappa shape index (κ2) is 8.94. The second-order valence-corrected chi connectivity index (χ2v) is 5.66. The molecule has 1 aromatic carbocycles. The number of hydrazine groups is 1. The number of benzene rings is 1. The summed E-state index contributed by atoms with van der Waals surface area (Å²) in [5.74, 6) is -0.478. The van der Waals surface area contributed by atoms with Gasteiger partial charge in [0.25, 0.3) is 5.91 Å². The predicted octanol–water partition coefficient (Wildman–Crippen LogP) is 1.40. The van der Waals surface area contributed by atoms with Crippen molar-refractivity contribution < 1.29 is 9.59 Å². The first-order chi connectivity index (χ1) is 10.8. The predicted molar refractivity (Wildman–Crippen MR) is 94.6 cm³/mol. The third-order valence-corrected chi connectivity index (χ3v) is 3.69. The second-order valence-electron chi connectivity index (χ2n) is 5.26. The summed E-state index contributed by atoms with van der Waals surface area (Å²) in [6.07, 6.45) is 0.713. The molecular weight excluding hydrogens is 314 g/mol. The van der Waals surface area contributed by atoms with Crippen LogP contribution in [0.4, 0.5) is 10.5 Å². The lowest BCUT2D eigenvalue weighted by Crippen LogP contribution is -2.56. The summed E-state index contributed by atoms with van der Waals surface area (Å²) in [7, 11) is 0. The van der Waals surface area contributed by atoms with E-state index in [1.807, 2.05) is 45.0 Å². The Morgan fingerprint density at radius 3 is 2.48 bits per heavy atom. The Morgan fingerprint density at radius 2 is 1.91 bits per heavy atom. The van der Waals surface area contributed by atoms with Crippen LogP contribution in [-0.4, -0.2) is 23.1 Å². The number of urea groups is 1. The zero-order valence-corrected chi connectivity index (χ0v) is 14.3. The van der Waals surface area contributed by atoms with Gasteiger partial charge in [0.05, 0.1) is 0 Å². The van der Waals surface area contributed by atoms with Crippen molar-refractivity contribution in [2.24, 2.45) is 11.7 Å². The Balaban J connectivity index is 2.57. The highest BCUT2D eigenvalue weighted by Crippen LogP contribution is 2.12. The number of nitrogens with one attached hydrogen (secondary N) is 4. The first-order valence-electron chi connectivity index (χ1n) is 7.33. The van der Waals surface area contributed by atoms with Crippen molar-refractivity contribution >= 4 is 35.0 Å². The van der Waals surface area contributed by atoms with Gasteiger partial charge < -0.3 is 16.4 Å². The van der Waals surface area contributed by atoms with Gasteiger partial charge >= 0.3 is 6.03 Å². The average Bonchev–Trinajstić information content (AvgIpc) is 2.51. The molecule has 0 saturated carbocycles. The number of hydrogen-bond donors (Lipinski definition) is 5. The molecule has 0 aliphatic carbocycles. The summed E-state index contributed by atoms with van der Waals surface area (Å²) in [4.78, 5) is 23.2. The molecule has 126 valence electrons. The number of carbonyl (C=O) groups excluding carboxylic acids is 2. The lowest BCUT2D eigenvalue weighted by molar-refractivity contribution is -0.124. The maximum absolute atomic E-state index is 12.2. The Morgan fingerprint density at radius 1 is 1.26 bits per heavy atom. The lowest BCUT2D eigenvalue weighted by Gasteiger charge is -2.23. The summed E-state index contributed by atoms with van der Waals surface area (Å²) < 4.78 is 0. The minimum absolute atomic E-state index is 0.0674. The molecule has 6 N–H and O–H groups in total. The molecule has 23 heavy (non-hydrogen) atoms. The van der Waals surface area contributed by atoms with Gasteiger partial charge in [0.2, 0.25) is 0 Å². The molecule has 0 unspecified atom stereocenters. The summed E-state index contributed by atoms with van der Waals surface area (Å²) >= 11 is 5.13. The largest absolute Gasteiger partial charge is 0.352 e. The van der Waals surface area contributed by atoms with Crippen molar-refractivity contribution in [3.05, 3.63) is 29.8 Å². The number of primary amides is 1. The van der Waals surface area contributed by atoms with Gasteiger partial charge in [-0.3, -0.25) is 15.6 Å². The van der Waals surface area contributed by atoms with E-state index in [-0.39, 0.29) is 11.0 Å². The van der Waals surface area contributed by atoms with Crippen molar-refractivity contribution in [3.8, 4) is 0 Å². The number of nitrogens with two attached hydrogens (primary N) is 1. The summed E-state index contributed by atoms with van der Waals surface area (Å²) in [6, 6.07) is 6.15. The van der Waals surface area contributed by atoms with Gasteiger partial charge in [-0.15, -0.1) is 0 Å². The van der Waals surface area contributed by atoms with Crippen LogP contribution in [0.15, 0.2) is 24.3 Å². The van der Waals surface area contributed by atoms with Crippen LogP contribution in [0, 0.1) is 12.8 Å². The highest BCUT2D eigenvalue weighted by atomic mass is 32.1. The number of anilines is 1. The van der Waals surface area contributed by atoms with Crippen LogP contribution in [0.25, 0.3) is 0 Å². The molecule has 1 aromatic rings. The lowest BCUT2D eigenvalue weighted by atomic mass is 9.99. The number of aryl methyl sites for hydroxylation is 1. The molecule has 1 rings (SSSR count). The molecule has 0 radical (unpaired) electrons. The fourth-order valence-electron chi connectivity index (χ4n) is 1.92. The van der Waals surface area contributed by atoms with Crippen LogP contribution >= 0.6 is 12.2 Å². The number of thiocarbonyl (C=S) groups is 1. The molecule has 7 nitrogen and oxygen atoms in total. The van der Waals surface area contributed by atoms with Crippen molar-refractivity contribution in [2.75, 3.05) is 5.32 Å². The zero-order valence-electron chi connectivity index (χ0n) is 13.5. The topological polar surface area (TPSA) is 108 Å². The molecular formula is C15H23N5O2S. The van der Waals surface area contributed by atoms with Crippen LogP contribution in [0.2, 0.25) is 0 Å². The smallest absolute Gasteiger partial charge is 0.312 e. The number of carbonyl (C=O) groups is 2. The third kappa shape index (κ3) is 6.11. The van der Waals surface area contributed by atoms with Gasteiger partial charge in [0.15, 0.2) is 5.11 Å². The molecule has 3 amide bonds. The molecule has 8 heteroatoms. The minimum atomic E-state index is -0.744. The number of hydrogen-bond acceptors (Lipinski definition) is 3. The van der Waals surface area contributed by atoms with Crippen LogP contribution in [0.3, 0.4) is 0 Å². The summed E-state index contributed by atoms with van der Waals surface area (Å²) in [5, 5.41) is 5.66. The number of rotatable bonds is 5. The quantitative estimate of drug-likeness (QED) is 0.412. The third-order valence-electron chi connectivity index (χ3n) is 3.49. The van der Waals surface area contributed by atoms with E-state index in [0.717, 1.165) is 11.3 Å². The van der Waals surface area contributed by atoms with E-state index in [9.17, 15) is 9.59 Å². The summed E-state index contributed by atoms with van der Waals surface area (Å²) in [6.45, 7) is 5.72. The monoisotopic (exact) mass is 337 g/mol. The van der Waals surface area contributed by atoms with Gasteiger partial charge in [0, 0.05) is 5.69 Å². The highest BCUT2D eigenvalue weighted by Gasteiger charge is 2.25. The van der Waals surface area contributed by atoms with Crippen molar-refractivity contribution in [1.29, 1.82) is 0 Å². The zero-order chi connectivity index (χ0) is 17.4. The highest BCUT2D eigenvalue weighted by molar-refractivity contribution is 7.80. The van der Waals surface area contributed by atoms with E-state index in [1.165, 1.54) is 0 Å². The van der Waals surface area contributed by atoms with Gasteiger partial charge in [-0.25, -0.2) is 4.79 Å².